The Morgan fingerprint density at radius 3 is 2.78 bits per heavy atom. The first-order chi connectivity index (χ1) is 17.6. The van der Waals surface area contributed by atoms with E-state index in [4.69, 9.17) is 17.0 Å². The molecule has 2 aromatic carbocycles. The Hall–Kier alpha value is -3.00. The second kappa shape index (κ2) is 10.9. The summed E-state index contributed by atoms with van der Waals surface area (Å²) < 4.78 is 5.54. The molecule has 3 aromatic rings. The van der Waals surface area contributed by atoms with Crippen molar-refractivity contribution in [2.45, 2.75) is 31.0 Å². The zero-order chi connectivity index (χ0) is 25.1. The van der Waals surface area contributed by atoms with Crippen LogP contribution in [0.25, 0.3) is 10.9 Å². The Kier molecular flexibility index (Phi) is 7.51. The Morgan fingerprint density at radius 1 is 1.25 bits per heavy atom. The van der Waals surface area contributed by atoms with Gasteiger partial charge in [0, 0.05) is 24.2 Å². The third-order valence-electron chi connectivity index (χ3n) is 7.83. The lowest BCUT2D eigenvalue weighted by molar-refractivity contribution is 0.00425. The molecule has 4 unspecified atom stereocenters. The molecule has 4 heterocycles. The van der Waals surface area contributed by atoms with Crippen LogP contribution >= 0.6 is 12.2 Å². The standard InChI is InChI=1S/C29H34N4O2S/c1-3-19-17-33-14-12-21(19)15-27(33)28(23-11-13-30-25-10-9-22(35-2)16-24(23)25)32-29(36)31-26(18-34)20-7-5-4-6-8-20/h3-11,13,16,19,21,26-28,34H,1,12,14-15,17-18H2,2H3,(H2,31,32,36)/t19?,21?,26-,27?,28+/m0/s1. The maximum absolute atomic E-state index is 10.1. The predicted octanol–water partition coefficient (Wildman–Crippen LogP) is 4.38. The van der Waals surface area contributed by atoms with Gasteiger partial charge in [0.15, 0.2) is 5.11 Å². The number of thiocarbonyl (C=S) groups is 1. The van der Waals surface area contributed by atoms with Gasteiger partial charge in [-0.25, -0.2) is 0 Å². The Bertz CT molecular complexity index is 1220. The number of fused-ring (bicyclic) bond motifs is 4. The van der Waals surface area contributed by atoms with E-state index in [0.717, 1.165) is 47.3 Å². The van der Waals surface area contributed by atoms with Gasteiger partial charge in [-0.3, -0.25) is 9.88 Å². The first-order valence-corrected chi connectivity index (χ1v) is 13.0. The highest BCUT2D eigenvalue weighted by Crippen LogP contribution is 2.42. The molecular formula is C29H34N4O2S. The minimum absolute atomic E-state index is 0.0497. The van der Waals surface area contributed by atoms with E-state index in [1.807, 2.05) is 48.7 Å². The summed E-state index contributed by atoms with van der Waals surface area (Å²) in [5, 5.41) is 18.7. The second-order valence-electron chi connectivity index (χ2n) is 9.77. The molecule has 3 saturated heterocycles. The average Bonchev–Trinajstić information content (AvgIpc) is 2.94. The molecule has 0 aliphatic carbocycles. The lowest BCUT2D eigenvalue weighted by atomic mass is 9.73. The summed E-state index contributed by atoms with van der Waals surface area (Å²) >= 11 is 5.84. The van der Waals surface area contributed by atoms with Crippen LogP contribution < -0.4 is 15.4 Å². The number of methoxy groups -OCH3 is 1. The summed E-state index contributed by atoms with van der Waals surface area (Å²) in [6, 6.07) is 18.0. The zero-order valence-electron chi connectivity index (χ0n) is 20.6. The van der Waals surface area contributed by atoms with Crippen LogP contribution in [0, 0.1) is 11.8 Å². The number of piperidine rings is 3. The van der Waals surface area contributed by atoms with Crippen LogP contribution in [0.5, 0.6) is 5.75 Å². The molecule has 0 spiro atoms. The molecule has 6 atom stereocenters. The van der Waals surface area contributed by atoms with Gasteiger partial charge in [-0.05, 0) is 78.8 Å². The molecule has 3 aliphatic heterocycles. The average molecular weight is 503 g/mol. The molecule has 3 aliphatic rings. The van der Waals surface area contributed by atoms with Gasteiger partial charge >= 0.3 is 0 Å². The van der Waals surface area contributed by atoms with E-state index in [2.05, 4.69) is 45.3 Å². The van der Waals surface area contributed by atoms with Crippen molar-refractivity contribution in [3.05, 3.63) is 84.6 Å². The largest absolute Gasteiger partial charge is 0.497 e. The molecule has 7 heteroatoms. The first-order valence-electron chi connectivity index (χ1n) is 12.6. The lowest BCUT2D eigenvalue weighted by Gasteiger charge is -2.52. The van der Waals surface area contributed by atoms with Crippen LogP contribution in [0.3, 0.4) is 0 Å². The number of aliphatic hydroxyl groups excluding tert-OH is 1. The highest BCUT2D eigenvalue weighted by atomic mass is 32.1. The summed E-state index contributed by atoms with van der Waals surface area (Å²) in [4.78, 5) is 7.19. The fraction of sp³-hybridized carbons (Fsp3) is 0.379. The van der Waals surface area contributed by atoms with Crippen molar-refractivity contribution in [2.24, 2.45) is 11.8 Å². The van der Waals surface area contributed by atoms with Crippen molar-refractivity contribution >= 4 is 28.2 Å². The van der Waals surface area contributed by atoms with Crippen LogP contribution in [0.2, 0.25) is 0 Å². The number of hydrogen-bond donors (Lipinski definition) is 3. The molecule has 188 valence electrons. The highest BCUT2D eigenvalue weighted by Gasteiger charge is 2.43. The molecule has 0 amide bonds. The molecule has 3 fully saturated rings. The first kappa shape index (κ1) is 24.7. The number of ether oxygens (including phenoxy) is 1. The summed E-state index contributed by atoms with van der Waals surface area (Å²) in [6.07, 6.45) is 6.28. The number of hydrogen-bond acceptors (Lipinski definition) is 5. The molecule has 0 saturated carbocycles. The Morgan fingerprint density at radius 2 is 2.08 bits per heavy atom. The fourth-order valence-corrected chi connectivity index (χ4v) is 6.18. The van der Waals surface area contributed by atoms with Crippen molar-refractivity contribution in [3.63, 3.8) is 0 Å². The van der Waals surface area contributed by atoms with Gasteiger partial charge < -0.3 is 20.5 Å². The quantitative estimate of drug-likeness (QED) is 0.312. The van der Waals surface area contributed by atoms with Gasteiger partial charge in [-0.1, -0.05) is 36.4 Å². The van der Waals surface area contributed by atoms with E-state index in [1.165, 1.54) is 6.42 Å². The second-order valence-corrected chi connectivity index (χ2v) is 10.2. The maximum atomic E-state index is 10.1. The van der Waals surface area contributed by atoms with Crippen LogP contribution in [-0.2, 0) is 0 Å². The molecule has 6 nitrogen and oxygen atoms in total. The number of aromatic nitrogens is 1. The maximum Gasteiger partial charge on any atom is 0.167 e. The summed E-state index contributed by atoms with van der Waals surface area (Å²) in [5.74, 6) is 1.96. The molecule has 36 heavy (non-hydrogen) atoms. The lowest BCUT2D eigenvalue weighted by Crippen LogP contribution is -2.58. The minimum atomic E-state index is -0.283. The predicted molar refractivity (Wildman–Crippen MR) is 148 cm³/mol. The number of pyridine rings is 1. The fourth-order valence-electron chi connectivity index (χ4n) is 5.91. The van der Waals surface area contributed by atoms with Gasteiger partial charge in [0.1, 0.15) is 5.75 Å². The molecular weight excluding hydrogens is 468 g/mol. The summed E-state index contributed by atoms with van der Waals surface area (Å²) in [7, 11) is 1.69. The van der Waals surface area contributed by atoms with E-state index < -0.39 is 0 Å². The van der Waals surface area contributed by atoms with Crippen LogP contribution in [0.1, 0.15) is 36.1 Å². The van der Waals surface area contributed by atoms with Crippen molar-refractivity contribution in [1.82, 2.24) is 20.5 Å². The summed E-state index contributed by atoms with van der Waals surface area (Å²) in [6.45, 7) is 6.14. The molecule has 0 radical (unpaired) electrons. The number of nitrogens with one attached hydrogen (secondary N) is 2. The molecule has 2 bridgehead atoms. The molecule has 1 aromatic heterocycles. The van der Waals surface area contributed by atoms with E-state index >= 15 is 0 Å². The zero-order valence-corrected chi connectivity index (χ0v) is 21.5. The Balaban J connectivity index is 1.48. The van der Waals surface area contributed by atoms with Gasteiger partial charge in [0.2, 0.25) is 0 Å². The van der Waals surface area contributed by atoms with Crippen LogP contribution in [0.4, 0.5) is 0 Å². The van der Waals surface area contributed by atoms with Crippen molar-refractivity contribution in [1.29, 1.82) is 0 Å². The Labute approximate surface area is 218 Å². The normalized spacial score (nSPS) is 24.6. The van der Waals surface area contributed by atoms with Crippen molar-refractivity contribution in [3.8, 4) is 5.75 Å². The third kappa shape index (κ3) is 4.96. The number of aliphatic hydroxyl groups is 1. The highest BCUT2D eigenvalue weighted by molar-refractivity contribution is 7.80. The van der Waals surface area contributed by atoms with Crippen molar-refractivity contribution in [2.75, 3.05) is 26.8 Å². The topological polar surface area (TPSA) is 69.7 Å². The van der Waals surface area contributed by atoms with E-state index in [0.29, 0.717) is 16.9 Å². The monoisotopic (exact) mass is 502 g/mol. The van der Waals surface area contributed by atoms with E-state index in [-0.39, 0.29) is 24.7 Å². The van der Waals surface area contributed by atoms with Gasteiger partial charge in [-0.2, -0.15) is 0 Å². The SMILES string of the molecule is C=CC1CN2CCC1CC2[C@H](NC(=S)N[C@@H](CO)c1ccccc1)c1ccnc2ccc(OC)cc12. The molecule has 3 N–H and O–H groups in total. The minimum Gasteiger partial charge on any atom is -0.497 e. The number of benzene rings is 2. The third-order valence-corrected chi connectivity index (χ3v) is 8.07. The van der Waals surface area contributed by atoms with Crippen molar-refractivity contribution < 1.29 is 9.84 Å². The van der Waals surface area contributed by atoms with Gasteiger partial charge in [-0.15, -0.1) is 6.58 Å². The van der Waals surface area contributed by atoms with Crippen LogP contribution in [-0.4, -0.2) is 53.0 Å². The number of nitrogens with zero attached hydrogens (tertiary/aromatic N) is 2. The molecule has 6 rings (SSSR count). The van der Waals surface area contributed by atoms with E-state index in [9.17, 15) is 5.11 Å². The van der Waals surface area contributed by atoms with Gasteiger partial charge in [0.05, 0.1) is 31.3 Å². The van der Waals surface area contributed by atoms with Gasteiger partial charge in [0.25, 0.3) is 0 Å². The number of rotatable bonds is 8. The van der Waals surface area contributed by atoms with E-state index in [1.54, 1.807) is 7.11 Å². The summed E-state index contributed by atoms with van der Waals surface area (Å²) in [5.41, 5.74) is 3.07. The smallest absolute Gasteiger partial charge is 0.167 e. The van der Waals surface area contributed by atoms with Crippen LogP contribution in [0.15, 0.2) is 73.4 Å².